The average molecular weight is 1630 g/mol. The van der Waals surface area contributed by atoms with Gasteiger partial charge in [0, 0.05) is 61.4 Å². The van der Waals surface area contributed by atoms with Crippen LogP contribution in [0.15, 0.2) is 237 Å². The summed E-state index contributed by atoms with van der Waals surface area (Å²) in [6, 6.07) is 60.0. The lowest BCUT2D eigenvalue weighted by atomic mass is 9.84. The number of primary amides is 1. The molecule has 0 spiro atoms. The van der Waals surface area contributed by atoms with Gasteiger partial charge in [-0.25, -0.2) is 9.59 Å². The first-order valence-electron chi connectivity index (χ1n) is 39.0. The van der Waals surface area contributed by atoms with Gasteiger partial charge in [-0.3, -0.25) is 38.4 Å². The van der Waals surface area contributed by atoms with Crippen LogP contribution in [0.25, 0.3) is 5.57 Å². The average Bonchev–Trinajstić information content (AvgIpc) is 0.874. The number of carbonyl (C=O) groups is 10. The maximum Gasteiger partial charge on any atom is 0.407 e. The van der Waals surface area contributed by atoms with Gasteiger partial charge in [-0.15, -0.1) is 11.8 Å². The van der Waals surface area contributed by atoms with Crippen LogP contribution in [0, 0.1) is 5.92 Å². The van der Waals surface area contributed by atoms with Crippen molar-refractivity contribution in [2.24, 2.45) is 11.7 Å². The smallest absolute Gasteiger partial charge is 0.407 e. The second-order valence-corrected chi connectivity index (χ2v) is 33.6. The van der Waals surface area contributed by atoms with E-state index in [1.54, 1.807) is 63.2 Å². The lowest BCUT2D eigenvalue weighted by Gasteiger charge is -2.36. The molecular weight excluding hydrogens is 1530 g/mol. The van der Waals surface area contributed by atoms with E-state index in [9.17, 15) is 24.6 Å². The van der Waals surface area contributed by atoms with E-state index >= 15 is 33.6 Å². The minimum atomic E-state index is -1.83. The number of ether oxygens (including phenoxy) is 1. The third-order valence-corrected chi connectivity index (χ3v) is 24.2. The first-order chi connectivity index (χ1) is 55.9. The first kappa shape index (κ1) is 87.2. The highest BCUT2D eigenvalue weighted by Crippen LogP contribution is 2.49. The molecule has 1 fully saturated rings. The third-order valence-electron chi connectivity index (χ3n) is 20.1. The minimum Gasteiger partial charge on any atom is -0.508 e. The van der Waals surface area contributed by atoms with Crippen LogP contribution in [0.1, 0.15) is 122 Å². The largest absolute Gasteiger partial charge is 0.508 e. The van der Waals surface area contributed by atoms with Gasteiger partial charge in [0.25, 0.3) is 0 Å². The molecule has 8 aromatic carbocycles. The number of fused-ring (bicyclic) bond motifs is 1. The molecule has 10 rings (SSSR count). The van der Waals surface area contributed by atoms with Gasteiger partial charge in [-0.2, -0.15) is 0 Å². The van der Waals surface area contributed by atoms with Crippen LogP contribution in [-0.2, 0) is 67.1 Å². The number of aliphatic hydroxyl groups excluding tert-OH is 1. The van der Waals surface area contributed by atoms with Gasteiger partial charge in [-0.05, 0) is 134 Å². The standard InChI is InChI=1S/C90H102N10O13S3/c1-58(101)79-86(110)98-77(85(109)97-76(80(91)104)55-114-90(66-34-17-8-18-35-66,67-36-19-9-20-37-67)68-38-21-10-22-39-68)57-116-115-56-75(96-83(107)73(52-59-27-11-5-12-28-59)99-87(111)92-50-48-71(61-29-13-6-14-30-61)62-31-15-7-16-32-62)78(103)54-65(51-60-42-46-69(102)47-43-60)81(105)95-74(53-64-45-44-63-33-23-24-40-70(63)64)84(108)94-72(82(106)100-79)41-25-26-49-93-88(112)113-89(2,3)4/h5-24,27-40,42-43,45-47,58,65,71-77,79,101-102H,25-26,41,44,48-57H2,1-4H3,(H2,91,104)(H,93,112)(H,94,108)(H,95,105)(H,96,107)(H,97,109)(H,98,110)(H,100,106)(H2,92,99,111)/t58-,65-,72+,73-,74-,75+,76+,77+,79+/m1/s1. The highest BCUT2D eigenvalue weighted by Gasteiger charge is 2.41. The van der Waals surface area contributed by atoms with Gasteiger partial charge < -0.3 is 68.5 Å². The van der Waals surface area contributed by atoms with Crippen molar-refractivity contribution in [2.75, 3.05) is 30.3 Å². The van der Waals surface area contributed by atoms with Crippen molar-refractivity contribution in [3.05, 3.63) is 287 Å². The van der Waals surface area contributed by atoms with E-state index < -0.39 is 130 Å². The summed E-state index contributed by atoms with van der Waals surface area (Å²) in [5.41, 5.74) is 13.7. The maximum atomic E-state index is 15.7. The first-order valence-corrected chi connectivity index (χ1v) is 42.5. The Labute approximate surface area is 689 Å². The zero-order valence-electron chi connectivity index (χ0n) is 65.4. The number of rotatable bonds is 29. The molecule has 0 unspecified atom stereocenters. The molecule has 10 amide bonds. The number of hydrogen-bond acceptors (Lipinski definition) is 16. The number of phenolic OH excluding ortho intramolecular Hbond substituents is 1. The number of benzene rings is 8. The number of nitrogens with one attached hydrogen (secondary N) is 9. The minimum absolute atomic E-state index is 0.0388. The molecule has 9 atom stereocenters. The zero-order valence-corrected chi connectivity index (χ0v) is 67.8. The zero-order chi connectivity index (χ0) is 82.6. The number of aliphatic hydroxyl groups is 1. The fourth-order valence-corrected chi connectivity index (χ4v) is 18.0. The Balaban J connectivity index is 1.01. The lowest BCUT2D eigenvalue weighted by molar-refractivity contribution is -0.137. The van der Waals surface area contributed by atoms with Crippen molar-refractivity contribution in [1.29, 1.82) is 0 Å². The monoisotopic (exact) mass is 1630 g/mol. The number of allylic oxidation sites excluding steroid dienone is 1. The Morgan fingerprint density at radius 1 is 0.586 bits per heavy atom. The van der Waals surface area contributed by atoms with E-state index in [0.29, 0.717) is 29.5 Å². The number of aromatic hydroxyl groups is 1. The van der Waals surface area contributed by atoms with Crippen molar-refractivity contribution >= 4 is 98.2 Å². The molecule has 0 aromatic heterocycles. The SMILES string of the molecule is C[C@@H](O)[C@@H]1NC(=O)[C@H](CCCCNC(=O)OC(C)(C)C)NC(=O)[C@@H](CC2=CCc3ccccc32)NC(=O)[C@H](Cc2ccc(O)cc2)CC(=O)[C@@H](NC(=O)[C@@H](Cc2ccccc2)NC(=O)NCCC(c2ccccc2)c2ccccc2)CSSC[C@@H](C(=O)N[C@@H](CSC(c2ccccc2)(c2ccccc2)c2ccccc2)C(N)=O)NC1=O. The molecule has 13 N–H and O–H groups in total. The number of hydrogen-bond donors (Lipinski definition) is 12. The summed E-state index contributed by atoms with van der Waals surface area (Å²) < 4.78 is 4.44. The van der Waals surface area contributed by atoms with E-state index in [2.05, 4.69) is 47.9 Å². The highest BCUT2D eigenvalue weighted by atomic mass is 33.1. The summed E-state index contributed by atoms with van der Waals surface area (Å²) in [6.45, 7) is 6.67. The number of thioether (sulfide) groups is 1. The van der Waals surface area contributed by atoms with Crippen LogP contribution in [0.3, 0.4) is 0 Å². The summed E-state index contributed by atoms with van der Waals surface area (Å²) >= 11 is 1.34. The molecule has 0 radical (unpaired) electrons. The summed E-state index contributed by atoms with van der Waals surface area (Å²) in [5, 5.41) is 47.5. The quantitative estimate of drug-likeness (QED) is 0.0118. The van der Waals surface area contributed by atoms with Gasteiger partial charge in [0.05, 0.1) is 16.9 Å². The number of amides is 10. The molecule has 1 heterocycles. The van der Waals surface area contributed by atoms with Crippen LogP contribution in [0.5, 0.6) is 5.75 Å². The lowest BCUT2D eigenvalue weighted by Crippen LogP contribution is -2.62. The summed E-state index contributed by atoms with van der Waals surface area (Å²) in [5.74, 6) is -9.08. The predicted octanol–water partition coefficient (Wildman–Crippen LogP) is 10.3. The number of carbonyl (C=O) groups excluding carboxylic acids is 10. The molecule has 26 heteroatoms. The number of phenols is 1. The third kappa shape index (κ3) is 25.4. The Morgan fingerprint density at radius 2 is 1.14 bits per heavy atom. The normalized spacial score (nSPS) is 18.7. The number of ketones is 1. The van der Waals surface area contributed by atoms with Crippen LogP contribution < -0.4 is 53.6 Å². The van der Waals surface area contributed by atoms with E-state index in [4.69, 9.17) is 10.5 Å². The second-order valence-electron chi connectivity index (χ2n) is 29.9. The second kappa shape index (κ2) is 43.0. The molecule has 1 aliphatic carbocycles. The van der Waals surface area contributed by atoms with Gasteiger partial charge in [0.15, 0.2) is 5.78 Å². The fourth-order valence-electron chi connectivity index (χ4n) is 14.1. The Kier molecular flexibility index (Phi) is 32.3. The topological polar surface area (TPSA) is 355 Å². The van der Waals surface area contributed by atoms with E-state index in [0.717, 1.165) is 60.5 Å². The van der Waals surface area contributed by atoms with E-state index in [1.165, 1.54) is 30.8 Å². The predicted molar refractivity (Wildman–Crippen MR) is 455 cm³/mol. The van der Waals surface area contributed by atoms with Gasteiger partial charge >= 0.3 is 12.1 Å². The summed E-state index contributed by atoms with van der Waals surface area (Å²) in [7, 11) is 2.00. The van der Waals surface area contributed by atoms with Crippen molar-refractivity contribution < 1.29 is 62.9 Å². The highest BCUT2D eigenvalue weighted by molar-refractivity contribution is 8.76. The van der Waals surface area contributed by atoms with Crippen molar-refractivity contribution in [2.45, 2.75) is 150 Å². The molecule has 0 saturated carbocycles. The van der Waals surface area contributed by atoms with Crippen molar-refractivity contribution in [3.8, 4) is 5.75 Å². The molecule has 23 nitrogen and oxygen atoms in total. The number of nitrogens with two attached hydrogens (primary N) is 1. The molecule has 2 aliphatic rings. The fraction of sp³-hybridized carbons (Fsp3) is 0.333. The number of alkyl carbamates (subject to hydrolysis) is 1. The maximum absolute atomic E-state index is 15.7. The van der Waals surface area contributed by atoms with Crippen molar-refractivity contribution in [1.82, 2.24) is 47.9 Å². The van der Waals surface area contributed by atoms with E-state index in [1.807, 2.05) is 182 Å². The molecule has 1 aliphatic heterocycles. The molecular formula is C90H102N10O13S3. The van der Waals surface area contributed by atoms with E-state index in [-0.39, 0.29) is 80.5 Å². The molecule has 8 aromatic rings. The van der Waals surface area contributed by atoms with Gasteiger partial charge in [-0.1, -0.05) is 246 Å². The van der Waals surface area contributed by atoms with Crippen molar-refractivity contribution in [3.63, 3.8) is 0 Å². The molecule has 0 bridgehead atoms. The molecule has 116 heavy (non-hydrogen) atoms. The number of Topliss-reactive ketones (excluding diaryl/α,β-unsaturated/α-hetero) is 1. The Bertz CT molecular complexity index is 4510. The van der Waals surface area contributed by atoms with Crippen LogP contribution >= 0.6 is 33.3 Å². The van der Waals surface area contributed by atoms with Gasteiger partial charge in [0.1, 0.15) is 47.6 Å². The van der Waals surface area contributed by atoms with Crippen LogP contribution in [-0.4, -0.2) is 154 Å². The summed E-state index contributed by atoms with van der Waals surface area (Å²) in [6.07, 6.45) is 0.0104. The van der Waals surface area contributed by atoms with Gasteiger partial charge in [0.2, 0.25) is 41.4 Å². The Hall–Kier alpha value is -11.2. The number of urea groups is 1. The number of unbranched alkanes of at least 4 members (excludes halogenated alkanes) is 1. The van der Waals surface area contributed by atoms with Crippen LogP contribution in [0.2, 0.25) is 0 Å². The molecule has 608 valence electrons. The molecule has 1 saturated heterocycles. The summed E-state index contributed by atoms with van der Waals surface area (Å²) in [4.78, 5) is 149. The Morgan fingerprint density at radius 3 is 1.72 bits per heavy atom. The van der Waals surface area contributed by atoms with Crippen LogP contribution in [0.4, 0.5) is 9.59 Å².